The molecule has 1 amide bonds. The molecule has 23 heavy (non-hydrogen) atoms. The van der Waals surface area contributed by atoms with Gasteiger partial charge in [0.25, 0.3) is 5.91 Å². The van der Waals surface area contributed by atoms with Gasteiger partial charge in [-0.05, 0) is 25.1 Å². The summed E-state index contributed by atoms with van der Waals surface area (Å²) in [6, 6.07) is 15.8. The van der Waals surface area contributed by atoms with Crippen molar-refractivity contribution in [1.29, 1.82) is 0 Å². The van der Waals surface area contributed by atoms with Gasteiger partial charge in [-0.3, -0.25) is 4.79 Å². The number of aromatic nitrogens is 2. The monoisotopic (exact) mass is 327 g/mol. The third kappa shape index (κ3) is 3.57. The lowest BCUT2D eigenvalue weighted by atomic mass is 10.2. The molecule has 3 rings (SSSR count). The van der Waals surface area contributed by atoms with Crippen LogP contribution in [-0.4, -0.2) is 16.0 Å². The maximum atomic E-state index is 12.2. The smallest absolute Gasteiger partial charge is 0.251 e. The van der Waals surface area contributed by atoms with Crippen LogP contribution in [0.3, 0.4) is 0 Å². The fourth-order valence-corrected chi connectivity index (χ4v) is 2.28. The van der Waals surface area contributed by atoms with E-state index in [0.29, 0.717) is 22.3 Å². The summed E-state index contributed by atoms with van der Waals surface area (Å²) in [6.45, 7) is 1.78. The second kappa shape index (κ2) is 6.62. The molecule has 0 saturated heterocycles. The Balaban J connectivity index is 1.73. The summed E-state index contributed by atoms with van der Waals surface area (Å²) >= 11 is 5.89. The van der Waals surface area contributed by atoms with Gasteiger partial charge in [0.05, 0.1) is 0 Å². The van der Waals surface area contributed by atoms with E-state index >= 15 is 0 Å². The van der Waals surface area contributed by atoms with Crippen LogP contribution in [0.4, 0.5) is 0 Å². The minimum Gasteiger partial charge on any atom is -0.341 e. The van der Waals surface area contributed by atoms with Gasteiger partial charge >= 0.3 is 0 Å². The zero-order valence-corrected chi connectivity index (χ0v) is 13.1. The molecule has 0 aliphatic carbocycles. The Bertz CT molecular complexity index is 817. The largest absolute Gasteiger partial charge is 0.341 e. The fourth-order valence-electron chi connectivity index (χ4n) is 2.09. The van der Waals surface area contributed by atoms with E-state index < -0.39 is 6.04 Å². The number of hydrogen-bond donors (Lipinski definition) is 1. The van der Waals surface area contributed by atoms with Crippen LogP contribution in [0.1, 0.15) is 29.2 Å². The van der Waals surface area contributed by atoms with Crippen molar-refractivity contribution in [3.8, 4) is 11.4 Å². The van der Waals surface area contributed by atoms with Crippen molar-refractivity contribution in [2.45, 2.75) is 13.0 Å². The maximum absolute atomic E-state index is 12.2. The topological polar surface area (TPSA) is 68.0 Å². The lowest BCUT2D eigenvalue weighted by molar-refractivity contribution is 0.0932. The van der Waals surface area contributed by atoms with Crippen LogP contribution in [0.2, 0.25) is 5.02 Å². The van der Waals surface area contributed by atoms with Gasteiger partial charge in [0, 0.05) is 16.1 Å². The van der Waals surface area contributed by atoms with Gasteiger partial charge in [-0.15, -0.1) is 0 Å². The van der Waals surface area contributed by atoms with Crippen molar-refractivity contribution in [3.05, 3.63) is 71.1 Å². The zero-order chi connectivity index (χ0) is 16.2. The molecule has 116 valence electrons. The normalized spacial score (nSPS) is 11.9. The summed E-state index contributed by atoms with van der Waals surface area (Å²) in [5.74, 6) is 0.586. The van der Waals surface area contributed by atoms with Gasteiger partial charge in [-0.2, -0.15) is 4.98 Å². The molecule has 2 aromatic carbocycles. The second-order valence-corrected chi connectivity index (χ2v) is 5.46. The van der Waals surface area contributed by atoms with E-state index in [9.17, 15) is 4.79 Å². The number of hydrogen-bond acceptors (Lipinski definition) is 4. The first-order valence-electron chi connectivity index (χ1n) is 7.09. The van der Waals surface area contributed by atoms with Gasteiger partial charge in [0.2, 0.25) is 11.7 Å². The van der Waals surface area contributed by atoms with Gasteiger partial charge in [0.1, 0.15) is 6.04 Å². The molecule has 1 aromatic heterocycles. The van der Waals surface area contributed by atoms with Crippen molar-refractivity contribution in [3.63, 3.8) is 0 Å². The molecule has 0 spiro atoms. The molecule has 0 unspecified atom stereocenters. The lowest BCUT2D eigenvalue weighted by Crippen LogP contribution is -2.26. The number of benzene rings is 2. The summed E-state index contributed by atoms with van der Waals surface area (Å²) in [6.07, 6.45) is 0. The van der Waals surface area contributed by atoms with Crippen LogP contribution in [0.15, 0.2) is 59.1 Å². The number of carbonyl (C=O) groups excluding carboxylic acids is 1. The molecule has 6 heteroatoms. The first-order chi connectivity index (χ1) is 11.1. The average molecular weight is 328 g/mol. The predicted molar refractivity (Wildman–Crippen MR) is 87.1 cm³/mol. The van der Waals surface area contributed by atoms with Crippen molar-refractivity contribution in [1.82, 2.24) is 15.5 Å². The van der Waals surface area contributed by atoms with E-state index in [4.69, 9.17) is 16.1 Å². The Hall–Kier alpha value is -2.66. The molecule has 5 nitrogen and oxygen atoms in total. The lowest BCUT2D eigenvalue weighted by Gasteiger charge is -2.09. The molecular weight excluding hydrogens is 314 g/mol. The molecule has 0 radical (unpaired) electrons. The Morgan fingerprint density at radius 1 is 1.17 bits per heavy atom. The standard InChI is InChI=1S/C17H14ClN3O2/c1-11(19-16(22)13-8-5-9-14(18)10-13)17-20-15(21-23-17)12-6-3-2-4-7-12/h2-11H,1H3,(H,19,22)/t11-/m0/s1. The number of rotatable bonds is 4. The number of carbonyl (C=O) groups is 1. The molecule has 0 aliphatic rings. The van der Waals surface area contributed by atoms with E-state index in [1.165, 1.54) is 0 Å². The Morgan fingerprint density at radius 3 is 2.70 bits per heavy atom. The predicted octanol–water partition coefficient (Wildman–Crippen LogP) is 3.88. The van der Waals surface area contributed by atoms with E-state index in [2.05, 4.69) is 15.5 Å². The van der Waals surface area contributed by atoms with E-state index in [1.807, 2.05) is 30.3 Å². The van der Waals surface area contributed by atoms with Crippen LogP contribution in [0.5, 0.6) is 0 Å². The second-order valence-electron chi connectivity index (χ2n) is 5.03. The molecule has 0 bridgehead atoms. The third-order valence-electron chi connectivity index (χ3n) is 3.28. The summed E-state index contributed by atoms with van der Waals surface area (Å²) < 4.78 is 5.24. The van der Waals surface area contributed by atoms with E-state index in [1.54, 1.807) is 31.2 Å². The van der Waals surface area contributed by atoms with Crippen LogP contribution >= 0.6 is 11.6 Å². The molecule has 1 atom stereocenters. The van der Waals surface area contributed by atoms with Gasteiger partial charge in [0.15, 0.2) is 0 Å². The van der Waals surface area contributed by atoms with Crippen LogP contribution < -0.4 is 5.32 Å². The van der Waals surface area contributed by atoms with E-state index in [0.717, 1.165) is 5.56 Å². The van der Waals surface area contributed by atoms with Crippen molar-refractivity contribution in [2.24, 2.45) is 0 Å². The summed E-state index contributed by atoms with van der Waals surface area (Å²) in [5.41, 5.74) is 1.34. The van der Waals surface area contributed by atoms with E-state index in [-0.39, 0.29) is 5.91 Å². The van der Waals surface area contributed by atoms with Gasteiger partial charge in [-0.25, -0.2) is 0 Å². The van der Waals surface area contributed by atoms with Crippen molar-refractivity contribution in [2.75, 3.05) is 0 Å². The van der Waals surface area contributed by atoms with Crippen molar-refractivity contribution < 1.29 is 9.32 Å². The number of halogens is 1. The average Bonchev–Trinajstić information content (AvgIpc) is 3.06. The first kappa shape index (κ1) is 15.2. The summed E-state index contributed by atoms with van der Waals surface area (Å²) in [5, 5.41) is 7.26. The SMILES string of the molecule is C[C@H](NC(=O)c1cccc(Cl)c1)c1nc(-c2ccccc2)no1. The molecule has 0 saturated carbocycles. The molecule has 3 aromatic rings. The highest BCUT2D eigenvalue weighted by Crippen LogP contribution is 2.19. The minimum atomic E-state index is -0.411. The number of amides is 1. The van der Waals surface area contributed by atoms with Gasteiger partial charge < -0.3 is 9.84 Å². The van der Waals surface area contributed by atoms with Crippen LogP contribution in [0.25, 0.3) is 11.4 Å². The number of nitrogens with one attached hydrogen (secondary N) is 1. The maximum Gasteiger partial charge on any atom is 0.251 e. The van der Waals surface area contributed by atoms with Crippen LogP contribution in [-0.2, 0) is 0 Å². The fraction of sp³-hybridized carbons (Fsp3) is 0.118. The molecule has 1 heterocycles. The highest BCUT2D eigenvalue weighted by atomic mass is 35.5. The molecule has 1 N–H and O–H groups in total. The van der Waals surface area contributed by atoms with Crippen LogP contribution in [0, 0.1) is 0 Å². The molecule has 0 fully saturated rings. The first-order valence-corrected chi connectivity index (χ1v) is 7.47. The zero-order valence-electron chi connectivity index (χ0n) is 12.4. The summed E-state index contributed by atoms with van der Waals surface area (Å²) in [7, 11) is 0. The number of nitrogens with zero attached hydrogens (tertiary/aromatic N) is 2. The Kier molecular flexibility index (Phi) is 4.39. The minimum absolute atomic E-state index is 0.250. The van der Waals surface area contributed by atoms with Crippen molar-refractivity contribution >= 4 is 17.5 Å². The van der Waals surface area contributed by atoms with Gasteiger partial charge in [-0.1, -0.05) is 53.2 Å². The summed E-state index contributed by atoms with van der Waals surface area (Å²) in [4.78, 5) is 16.5. The highest BCUT2D eigenvalue weighted by Gasteiger charge is 2.18. The quantitative estimate of drug-likeness (QED) is 0.789. The Morgan fingerprint density at radius 2 is 1.96 bits per heavy atom. The Labute approximate surface area is 138 Å². The molecule has 0 aliphatic heterocycles. The highest BCUT2D eigenvalue weighted by molar-refractivity contribution is 6.30. The third-order valence-corrected chi connectivity index (χ3v) is 3.51. The molecular formula is C17H14ClN3O2.